The Morgan fingerprint density at radius 1 is 1.26 bits per heavy atom. The van der Waals surface area contributed by atoms with Gasteiger partial charge in [0.05, 0.1) is 36.5 Å². The van der Waals surface area contributed by atoms with Crippen LogP contribution in [0.3, 0.4) is 0 Å². The van der Waals surface area contributed by atoms with Gasteiger partial charge < -0.3 is 29.8 Å². The molecule has 0 radical (unpaired) electrons. The predicted molar refractivity (Wildman–Crippen MR) is 138 cm³/mol. The molecule has 1 aliphatic heterocycles. The van der Waals surface area contributed by atoms with Gasteiger partial charge in [0.1, 0.15) is 23.2 Å². The maximum atomic E-state index is 16.0. The summed E-state index contributed by atoms with van der Waals surface area (Å²) in [6.07, 6.45) is 5.31. The van der Waals surface area contributed by atoms with E-state index in [-0.39, 0.29) is 30.0 Å². The maximum Gasteiger partial charge on any atom is 0.318 e. The maximum absolute atomic E-state index is 16.0. The van der Waals surface area contributed by atoms with Gasteiger partial charge in [-0.1, -0.05) is 31.0 Å². The first-order valence-corrected chi connectivity index (χ1v) is 13.4. The van der Waals surface area contributed by atoms with Gasteiger partial charge in [0.15, 0.2) is 5.82 Å². The summed E-state index contributed by atoms with van der Waals surface area (Å²) in [6.45, 7) is 7.25. The van der Waals surface area contributed by atoms with Crippen molar-refractivity contribution in [3.05, 3.63) is 46.9 Å². The number of urea groups is 1. The highest BCUT2D eigenvalue weighted by molar-refractivity contribution is 5.95. The number of benzene rings is 1. The van der Waals surface area contributed by atoms with Crippen LogP contribution in [0.2, 0.25) is 0 Å². The lowest BCUT2D eigenvalue weighted by Gasteiger charge is -2.35. The Kier molecular flexibility index (Phi) is 7.64. The van der Waals surface area contributed by atoms with E-state index in [1.54, 1.807) is 24.0 Å². The third-order valence-corrected chi connectivity index (χ3v) is 7.83. The number of hydrogen-bond acceptors (Lipinski definition) is 6. The van der Waals surface area contributed by atoms with Gasteiger partial charge in [-0.05, 0) is 44.6 Å². The first kappa shape index (κ1) is 26.1. The first-order valence-electron chi connectivity index (χ1n) is 13.4. The zero-order chi connectivity index (χ0) is 26.8. The summed E-state index contributed by atoms with van der Waals surface area (Å²) < 4.78 is 26.5. The number of carbonyl (C=O) groups excluding carboxylic acids is 2. The SMILES string of the molecule is CCNC(=O)N1CCOCC1c1ccc2[nH]c([C@@H](NC(=O)c3conc3C)[C@H]3CC[C@H](C)CC3)nc2c1F. The number of aromatic amines is 1. The number of rotatable bonds is 6. The van der Waals surface area contributed by atoms with Crippen molar-refractivity contribution in [2.75, 3.05) is 26.3 Å². The van der Waals surface area contributed by atoms with Gasteiger partial charge in [-0.15, -0.1) is 0 Å². The first-order chi connectivity index (χ1) is 18.4. The van der Waals surface area contributed by atoms with E-state index in [9.17, 15) is 9.59 Å². The topological polar surface area (TPSA) is 125 Å². The van der Waals surface area contributed by atoms with Crippen LogP contribution in [0.5, 0.6) is 0 Å². The number of amides is 3. The molecule has 1 saturated carbocycles. The minimum absolute atomic E-state index is 0.151. The van der Waals surface area contributed by atoms with E-state index in [0.717, 1.165) is 25.7 Å². The van der Waals surface area contributed by atoms with Gasteiger partial charge in [0.25, 0.3) is 5.91 Å². The number of nitrogens with one attached hydrogen (secondary N) is 3. The van der Waals surface area contributed by atoms with Crippen LogP contribution in [-0.4, -0.2) is 58.3 Å². The molecule has 1 aliphatic carbocycles. The van der Waals surface area contributed by atoms with Gasteiger partial charge in [0.2, 0.25) is 0 Å². The molecule has 38 heavy (non-hydrogen) atoms. The lowest BCUT2D eigenvalue weighted by atomic mass is 9.79. The number of halogens is 1. The molecule has 1 aromatic carbocycles. The minimum atomic E-state index is -0.563. The zero-order valence-electron chi connectivity index (χ0n) is 22.1. The number of aromatic nitrogens is 3. The van der Waals surface area contributed by atoms with E-state index in [4.69, 9.17) is 9.26 Å². The molecule has 2 aromatic heterocycles. The van der Waals surface area contributed by atoms with Crippen LogP contribution in [-0.2, 0) is 4.74 Å². The highest BCUT2D eigenvalue weighted by Crippen LogP contribution is 2.38. The lowest BCUT2D eigenvalue weighted by Crippen LogP contribution is -2.48. The Hall–Kier alpha value is -3.47. The van der Waals surface area contributed by atoms with Crippen molar-refractivity contribution in [2.24, 2.45) is 11.8 Å². The number of aryl methyl sites for hydroxylation is 1. The third-order valence-electron chi connectivity index (χ3n) is 7.83. The Bertz CT molecular complexity index is 1300. The standard InChI is InChI=1S/C27H35FN6O4/c1-4-29-27(36)34-11-12-37-14-21(34)18-9-10-20-24(22(18)28)31-25(30-20)23(17-7-5-15(2)6-8-17)32-26(35)19-13-38-33-16(19)3/h9-10,13,15,17,21,23H,4-8,11-12,14H2,1-3H3,(H,29,36)(H,30,31)(H,32,35)/t15-,17-,21?,23-/m0/s1. The summed E-state index contributed by atoms with van der Waals surface area (Å²) in [7, 11) is 0. The van der Waals surface area contributed by atoms with E-state index >= 15 is 4.39 Å². The Morgan fingerprint density at radius 2 is 2.05 bits per heavy atom. The van der Waals surface area contributed by atoms with E-state index in [0.29, 0.717) is 53.8 Å². The molecule has 0 spiro atoms. The second-order valence-electron chi connectivity index (χ2n) is 10.4. The smallest absolute Gasteiger partial charge is 0.318 e. The average Bonchev–Trinajstić information content (AvgIpc) is 3.55. The summed E-state index contributed by atoms with van der Waals surface area (Å²) in [6, 6.07) is 2.22. The van der Waals surface area contributed by atoms with Gasteiger partial charge in [-0.25, -0.2) is 14.2 Å². The van der Waals surface area contributed by atoms with E-state index in [1.807, 2.05) is 6.92 Å². The number of imidazole rings is 1. The summed E-state index contributed by atoms with van der Waals surface area (Å²) in [5.41, 5.74) is 1.95. The third kappa shape index (κ3) is 5.11. The molecule has 2 aliphatic rings. The van der Waals surface area contributed by atoms with Gasteiger partial charge in [-0.3, -0.25) is 4.79 Å². The van der Waals surface area contributed by atoms with Crippen LogP contribution < -0.4 is 10.6 Å². The average molecular weight is 527 g/mol. The molecule has 3 heterocycles. The van der Waals surface area contributed by atoms with Crippen LogP contribution >= 0.6 is 0 Å². The molecule has 2 atom stereocenters. The summed E-state index contributed by atoms with van der Waals surface area (Å²) >= 11 is 0. The fraction of sp³-hybridized carbons (Fsp3) is 0.556. The van der Waals surface area contributed by atoms with Crippen molar-refractivity contribution in [1.29, 1.82) is 0 Å². The highest BCUT2D eigenvalue weighted by atomic mass is 19.1. The fourth-order valence-corrected chi connectivity index (χ4v) is 5.60. The minimum Gasteiger partial charge on any atom is -0.377 e. The molecular formula is C27H35FN6O4. The van der Waals surface area contributed by atoms with Crippen LogP contribution in [0.15, 0.2) is 22.9 Å². The number of ether oxygens (including phenoxy) is 1. The summed E-state index contributed by atoms with van der Waals surface area (Å²) in [5.74, 6) is 0.499. The molecule has 3 aromatic rings. The Balaban J connectivity index is 1.48. The monoisotopic (exact) mass is 526 g/mol. The molecule has 2 fully saturated rings. The van der Waals surface area contributed by atoms with Gasteiger partial charge in [0, 0.05) is 18.7 Å². The lowest BCUT2D eigenvalue weighted by molar-refractivity contribution is 0.0107. The molecule has 1 unspecified atom stereocenters. The van der Waals surface area contributed by atoms with Crippen molar-refractivity contribution >= 4 is 23.0 Å². The molecule has 1 saturated heterocycles. The zero-order valence-corrected chi connectivity index (χ0v) is 22.1. The molecule has 204 valence electrons. The number of carbonyl (C=O) groups is 2. The Labute approximate surface area is 220 Å². The quantitative estimate of drug-likeness (QED) is 0.437. The molecule has 0 bridgehead atoms. The largest absolute Gasteiger partial charge is 0.377 e. The summed E-state index contributed by atoms with van der Waals surface area (Å²) in [4.78, 5) is 35.3. The van der Waals surface area contributed by atoms with Gasteiger partial charge >= 0.3 is 6.03 Å². The fourth-order valence-electron chi connectivity index (χ4n) is 5.60. The van der Waals surface area contributed by atoms with Crippen molar-refractivity contribution in [3.63, 3.8) is 0 Å². The van der Waals surface area contributed by atoms with Crippen LogP contribution in [0.1, 0.15) is 79.1 Å². The second-order valence-corrected chi connectivity index (χ2v) is 10.4. The second kappa shape index (κ2) is 11.1. The number of fused-ring (bicyclic) bond motifs is 1. The van der Waals surface area contributed by atoms with Crippen molar-refractivity contribution in [2.45, 2.75) is 58.5 Å². The van der Waals surface area contributed by atoms with E-state index < -0.39 is 17.9 Å². The molecule has 3 N–H and O–H groups in total. The number of H-pyrrole nitrogens is 1. The molecule has 11 heteroatoms. The molecule has 5 rings (SSSR count). The highest BCUT2D eigenvalue weighted by Gasteiger charge is 2.34. The van der Waals surface area contributed by atoms with Gasteiger partial charge in [-0.2, -0.15) is 0 Å². The number of morpholine rings is 1. The normalized spacial score (nSPS) is 22.8. The van der Waals surface area contributed by atoms with Crippen molar-refractivity contribution in [1.82, 2.24) is 30.7 Å². The summed E-state index contributed by atoms with van der Waals surface area (Å²) in [5, 5.41) is 9.74. The van der Waals surface area contributed by atoms with Crippen LogP contribution in [0, 0.1) is 24.6 Å². The molecular weight excluding hydrogens is 491 g/mol. The van der Waals surface area contributed by atoms with Crippen molar-refractivity contribution < 1.29 is 23.2 Å². The number of hydrogen-bond donors (Lipinski definition) is 3. The van der Waals surface area contributed by atoms with Crippen LogP contribution in [0.25, 0.3) is 11.0 Å². The van der Waals surface area contributed by atoms with E-state index in [1.165, 1.54) is 6.26 Å². The Morgan fingerprint density at radius 3 is 2.76 bits per heavy atom. The molecule has 10 nitrogen and oxygen atoms in total. The van der Waals surface area contributed by atoms with Crippen molar-refractivity contribution in [3.8, 4) is 0 Å². The van der Waals surface area contributed by atoms with Crippen LogP contribution in [0.4, 0.5) is 9.18 Å². The van der Waals surface area contributed by atoms with E-state index in [2.05, 4.69) is 32.7 Å². The number of nitrogens with zero attached hydrogens (tertiary/aromatic N) is 3. The molecule has 3 amide bonds. The predicted octanol–water partition coefficient (Wildman–Crippen LogP) is 4.40.